The standard InChI is InChI=1S/C12H26N2O3/c1-2-16-8-9-17-11-12(15)10-13-14-6-4-3-5-7-14/h12-13,15H,2-11H2,1H3. The van der Waals surface area contributed by atoms with Crippen molar-refractivity contribution in [2.75, 3.05) is 46.1 Å². The van der Waals surface area contributed by atoms with Crippen LogP contribution in [0.3, 0.4) is 0 Å². The molecule has 1 unspecified atom stereocenters. The summed E-state index contributed by atoms with van der Waals surface area (Å²) in [7, 11) is 0. The van der Waals surface area contributed by atoms with Gasteiger partial charge in [-0.25, -0.2) is 5.01 Å². The molecule has 0 radical (unpaired) electrons. The molecule has 0 saturated carbocycles. The highest BCUT2D eigenvalue weighted by Crippen LogP contribution is 2.05. The Labute approximate surface area is 104 Å². The number of nitrogens with zero attached hydrogens (tertiary/aromatic N) is 1. The van der Waals surface area contributed by atoms with E-state index in [1.165, 1.54) is 19.3 Å². The van der Waals surface area contributed by atoms with E-state index in [2.05, 4.69) is 10.4 Å². The number of aliphatic hydroxyl groups is 1. The number of hydrogen-bond acceptors (Lipinski definition) is 5. The van der Waals surface area contributed by atoms with Gasteiger partial charge in [0.2, 0.25) is 0 Å². The summed E-state index contributed by atoms with van der Waals surface area (Å²) in [6.07, 6.45) is 3.36. The number of hydrazine groups is 1. The number of aliphatic hydroxyl groups excluding tert-OH is 1. The Bertz CT molecular complexity index is 175. The monoisotopic (exact) mass is 246 g/mol. The van der Waals surface area contributed by atoms with Crippen molar-refractivity contribution < 1.29 is 14.6 Å². The maximum absolute atomic E-state index is 9.68. The van der Waals surface area contributed by atoms with E-state index in [4.69, 9.17) is 9.47 Å². The molecular formula is C12H26N2O3. The molecule has 0 aromatic heterocycles. The molecule has 0 aromatic rings. The minimum absolute atomic E-state index is 0.369. The molecule has 0 amide bonds. The normalized spacial score (nSPS) is 19.4. The number of piperidine rings is 1. The number of nitrogens with one attached hydrogen (secondary N) is 1. The topological polar surface area (TPSA) is 54.0 Å². The minimum atomic E-state index is -0.446. The molecule has 0 aromatic carbocycles. The van der Waals surface area contributed by atoms with Crippen LogP contribution >= 0.6 is 0 Å². The smallest absolute Gasteiger partial charge is 0.0911 e. The molecule has 17 heavy (non-hydrogen) atoms. The second-order valence-electron chi connectivity index (χ2n) is 4.34. The number of ether oxygens (including phenoxy) is 2. The summed E-state index contributed by atoms with van der Waals surface area (Å²) in [6.45, 7) is 6.91. The van der Waals surface area contributed by atoms with Crippen LogP contribution < -0.4 is 5.43 Å². The molecule has 0 aliphatic carbocycles. The molecule has 5 heteroatoms. The molecule has 1 atom stereocenters. The summed E-state index contributed by atoms with van der Waals surface area (Å²) in [5, 5.41) is 11.9. The van der Waals surface area contributed by atoms with Crippen LogP contribution in [-0.4, -0.2) is 62.3 Å². The second kappa shape index (κ2) is 9.79. The molecule has 1 fully saturated rings. The first-order valence-corrected chi connectivity index (χ1v) is 6.65. The van der Waals surface area contributed by atoms with Gasteiger partial charge in [-0.3, -0.25) is 5.43 Å². The third-order valence-electron chi connectivity index (χ3n) is 2.79. The van der Waals surface area contributed by atoms with Crippen LogP contribution in [0.25, 0.3) is 0 Å². The molecule has 102 valence electrons. The fraction of sp³-hybridized carbons (Fsp3) is 1.00. The Balaban J connectivity index is 1.91. The van der Waals surface area contributed by atoms with Crippen LogP contribution in [0.15, 0.2) is 0 Å². The Morgan fingerprint density at radius 1 is 1.18 bits per heavy atom. The predicted molar refractivity (Wildman–Crippen MR) is 66.7 cm³/mol. The summed E-state index contributed by atoms with van der Waals surface area (Å²) in [5.74, 6) is 0. The van der Waals surface area contributed by atoms with Crippen LogP contribution in [0.2, 0.25) is 0 Å². The van der Waals surface area contributed by atoms with Crippen LogP contribution in [0, 0.1) is 0 Å². The van der Waals surface area contributed by atoms with Crippen molar-refractivity contribution in [1.29, 1.82) is 0 Å². The third kappa shape index (κ3) is 7.68. The quantitative estimate of drug-likeness (QED) is 0.576. The molecule has 0 bridgehead atoms. The van der Waals surface area contributed by atoms with Crippen molar-refractivity contribution in [3.63, 3.8) is 0 Å². The zero-order chi connectivity index (χ0) is 12.3. The average Bonchev–Trinajstić information content (AvgIpc) is 2.37. The molecule has 1 saturated heterocycles. The van der Waals surface area contributed by atoms with Crippen LogP contribution in [0.1, 0.15) is 26.2 Å². The van der Waals surface area contributed by atoms with Gasteiger partial charge < -0.3 is 14.6 Å². The van der Waals surface area contributed by atoms with Crippen molar-refractivity contribution in [2.45, 2.75) is 32.3 Å². The fourth-order valence-electron chi connectivity index (χ4n) is 1.83. The molecule has 0 spiro atoms. The maximum Gasteiger partial charge on any atom is 0.0911 e. The highest BCUT2D eigenvalue weighted by atomic mass is 16.5. The van der Waals surface area contributed by atoms with Gasteiger partial charge in [0.25, 0.3) is 0 Å². The van der Waals surface area contributed by atoms with Gasteiger partial charge in [0, 0.05) is 26.2 Å². The van der Waals surface area contributed by atoms with Gasteiger partial charge in [0.15, 0.2) is 0 Å². The van der Waals surface area contributed by atoms with Crippen molar-refractivity contribution in [2.24, 2.45) is 0 Å². The van der Waals surface area contributed by atoms with Gasteiger partial charge in [-0.1, -0.05) is 6.42 Å². The first kappa shape index (κ1) is 14.9. The Kier molecular flexibility index (Phi) is 8.56. The zero-order valence-electron chi connectivity index (χ0n) is 10.9. The van der Waals surface area contributed by atoms with Crippen molar-refractivity contribution in [3.8, 4) is 0 Å². The maximum atomic E-state index is 9.68. The van der Waals surface area contributed by atoms with E-state index in [0.29, 0.717) is 33.0 Å². The second-order valence-corrected chi connectivity index (χ2v) is 4.34. The highest BCUT2D eigenvalue weighted by Gasteiger charge is 2.11. The molecular weight excluding hydrogens is 220 g/mol. The molecule has 5 nitrogen and oxygen atoms in total. The summed E-state index contributed by atoms with van der Waals surface area (Å²) in [5.41, 5.74) is 3.25. The zero-order valence-corrected chi connectivity index (χ0v) is 10.9. The molecule has 2 N–H and O–H groups in total. The number of rotatable bonds is 9. The first-order valence-electron chi connectivity index (χ1n) is 6.65. The molecule has 1 heterocycles. The summed E-state index contributed by atoms with van der Waals surface area (Å²) >= 11 is 0. The molecule has 1 aliphatic rings. The van der Waals surface area contributed by atoms with E-state index in [0.717, 1.165) is 13.1 Å². The Morgan fingerprint density at radius 2 is 1.88 bits per heavy atom. The number of hydrogen-bond donors (Lipinski definition) is 2. The van der Waals surface area contributed by atoms with Crippen molar-refractivity contribution in [1.82, 2.24) is 10.4 Å². The van der Waals surface area contributed by atoms with Crippen molar-refractivity contribution in [3.05, 3.63) is 0 Å². The van der Waals surface area contributed by atoms with Gasteiger partial charge in [-0.2, -0.15) is 0 Å². The molecule has 1 rings (SSSR count). The summed E-state index contributed by atoms with van der Waals surface area (Å²) in [6, 6.07) is 0. The summed E-state index contributed by atoms with van der Waals surface area (Å²) in [4.78, 5) is 0. The average molecular weight is 246 g/mol. The van der Waals surface area contributed by atoms with Crippen LogP contribution in [-0.2, 0) is 9.47 Å². The Morgan fingerprint density at radius 3 is 2.59 bits per heavy atom. The lowest BCUT2D eigenvalue weighted by Gasteiger charge is -2.28. The van der Waals surface area contributed by atoms with E-state index in [9.17, 15) is 5.11 Å². The lowest BCUT2D eigenvalue weighted by Crippen LogP contribution is -2.45. The summed E-state index contributed by atoms with van der Waals surface area (Å²) < 4.78 is 10.4. The molecule has 1 aliphatic heterocycles. The van der Waals surface area contributed by atoms with E-state index in [-0.39, 0.29) is 0 Å². The minimum Gasteiger partial charge on any atom is -0.389 e. The largest absolute Gasteiger partial charge is 0.389 e. The van der Waals surface area contributed by atoms with Gasteiger partial charge in [0.05, 0.1) is 25.9 Å². The van der Waals surface area contributed by atoms with Gasteiger partial charge in [-0.15, -0.1) is 0 Å². The van der Waals surface area contributed by atoms with E-state index in [1.54, 1.807) is 0 Å². The van der Waals surface area contributed by atoms with Gasteiger partial charge in [-0.05, 0) is 19.8 Å². The SMILES string of the molecule is CCOCCOCC(O)CNN1CCCCC1. The van der Waals surface area contributed by atoms with Crippen molar-refractivity contribution >= 4 is 0 Å². The van der Waals surface area contributed by atoms with Crippen LogP contribution in [0.5, 0.6) is 0 Å². The predicted octanol–water partition coefficient (Wildman–Crippen LogP) is 0.391. The Hall–Kier alpha value is -0.200. The first-order chi connectivity index (χ1) is 8.33. The van der Waals surface area contributed by atoms with E-state index >= 15 is 0 Å². The van der Waals surface area contributed by atoms with E-state index in [1.807, 2.05) is 6.92 Å². The van der Waals surface area contributed by atoms with Gasteiger partial charge >= 0.3 is 0 Å². The van der Waals surface area contributed by atoms with Gasteiger partial charge in [0.1, 0.15) is 0 Å². The van der Waals surface area contributed by atoms with E-state index < -0.39 is 6.10 Å². The van der Waals surface area contributed by atoms with Crippen LogP contribution in [0.4, 0.5) is 0 Å². The fourth-order valence-corrected chi connectivity index (χ4v) is 1.83. The lowest BCUT2D eigenvalue weighted by molar-refractivity contribution is -0.00201. The third-order valence-corrected chi connectivity index (χ3v) is 2.79. The highest BCUT2D eigenvalue weighted by molar-refractivity contribution is 4.63. The lowest BCUT2D eigenvalue weighted by atomic mass is 10.2.